The van der Waals surface area contributed by atoms with Crippen molar-refractivity contribution in [3.63, 3.8) is 0 Å². The van der Waals surface area contributed by atoms with Gasteiger partial charge in [-0.05, 0) is 11.6 Å². The summed E-state index contributed by atoms with van der Waals surface area (Å²) >= 11 is 0. The fourth-order valence-corrected chi connectivity index (χ4v) is 1.47. The van der Waals surface area contributed by atoms with Gasteiger partial charge in [0.05, 0.1) is 0 Å². The standard InChI is InChI=1S/C10H14N4/c1-7(2)10-13-12-9-4-3-8(5-11)6-14(9)10/h3-4,6-7H,5,11H2,1-2H3. The van der Waals surface area contributed by atoms with Gasteiger partial charge in [0.25, 0.3) is 0 Å². The van der Waals surface area contributed by atoms with Crippen LogP contribution in [-0.2, 0) is 6.54 Å². The Labute approximate surface area is 82.8 Å². The Morgan fingerprint density at radius 2 is 2.14 bits per heavy atom. The monoisotopic (exact) mass is 190 g/mol. The number of nitrogens with two attached hydrogens (primary N) is 1. The average Bonchev–Trinajstić information content (AvgIpc) is 2.59. The first-order chi connectivity index (χ1) is 6.72. The van der Waals surface area contributed by atoms with Gasteiger partial charge in [0, 0.05) is 18.7 Å². The van der Waals surface area contributed by atoms with Crippen molar-refractivity contribution in [1.29, 1.82) is 0 Å². The molecule has 2 aromatic heterocycles. The van der Waals surface area contributed by atoms with Gasteiger partial charge < -0.3 is 5.73 Å². The molecule has 0 aliphatic heterocycles. The zero-order valence-corrected chi connectivity index (χ0v) is 8.44. The Hall–Kier alpha value is -1.42. The van der Waals surface area contributed by atoms with E-state index in [0.717, 1.165) is 17.0 Å². The van der Waals surface area contributed by atoms with E-state index in [1.807, 2.05) is 22.7 Å². The van der Waals surface area contributed by atoms with Crippen molar-refractivity contribution in [3.8, 4) is 0 Å². The van der Waals surface area contributed by atoms with Crippen LogP contribution < -0.4 is 5.73 Å². The third-order valence-corrected chi connectivity index (χ3v) is 2.24. The molecule has 0 aliphatic rings. The zero-order chi connectivity index (χ0) is 10.1. The highest BCUT2D eigenvalue weighted by molar-refractivity contribution is 5.39. The van der Waals surface area contributed by atoms with Crippen molar-refractivity contribution in [1.82, 2.24) is 14.6 Å². The van der Waals surface area contributed by atoms with Crippen LogP contribution in [-0.4, -0.2) is 14.6 Å². The van der Waals surface area contributed by atoms with Crippen LogP contribution in [0.4, 0.5) is 0 Å². The minimum atomic E-state index is 0.373. The molecule has 4 nitrogen and oxygen atoms in total. The number of aromatic nitrogens is 3. The molecule has 0 saturated heterocycles. The van der Waals surface area contributed by atoms with E-state index in [-0.39, 0.29) is 0 Å². The first-order valence-electron chi connectivity index (χ1n) is 4.76. The number of nitrogens with zero attached hydrogens (tertiary/aromatic N) is 3. The molecule has 0 atom stereocenters. The van der Waals surface area contributed by atoms with Crippen LogP contribution in [0.25, 0.3) is 5.65 Å². The van der Waals surface area contributed by atoms with E-state index < -0.39 is 0 Å². The van der Waals surface area contributed by atoms with Crippen LogP contribution in [0, 0.1) is 0 Å². The molecule has 2 rings (SSSR count). The highest BCUT2D eigenvalue weighted by Crippen LogP contribution is 2.14. The van der Waals surface area contributed by atoms with Gasteiger partial charge in [-0.15, -0.1) is 10.2 Å². The van der Waals surface area contributed by atoms with Crippen molar-refractivity contribution in [2.45, 2.75) is 26.3 Å². The van der Waals surface area contributed by atoms with Crippen LogP contribution in [0.15, 0.2) is 18.3 Å². The van der Waals surface area contributed by atoms with Gasteiger partial charge in [-0.3, -0.25) is 4.40 Å². The summed E-state index contributed by atoms with van der Waals surface area (Å²) in [6, 6.07) is 3.93. The van der Waals surface area contributed by atoms with Gasteiger partial charge >= 0.3 is 0 Å². The zero-order valence-electron chi connectivity index (χ0n) is 8.44. The molecule has 0 radical (unpaired) electrons. The Balaban J connectivity index is 2.63. The molecular formula is C10H14N4. The summed E-state index contributed by atoms with van der Waals surface area (Å²) in [6.07, 6.45) is 2.00. The van der Waals surface area contributed by atoms with E-state index in [4.69, 9.17) is 5.73 Å². The Kier molecular flexibility index (Phi) is 2.21. The third kappa shape index (κ3) is 1.37. The summed E-state index contributed by atoms with van der Waals surface area (Å²) in [6.45, 7) is 4.75. The maximum Gasteiger partial charge on any atom is 0.160 e. The smallest absolute Gasteiger partial charge is 0.160 e. The normalized spacial score (nSPS) is 11.4. The van der Waals surface area contributed by atoms with Crippen molar-refractivity contribution in [2.75, 3.05) is 0 Å². The second-order valence-corrected chi connectivity index (χ2v) is 3.68. The van der Waals surface area contributed by atoms with Gasteiger partial charge in [-0.25, -0.2) is 0 Å². The second kappa shape index (κ2) is 3.38. The molecule has 2 N–H and O–H groups in total. The van der Waals surface area contributed by atoms with E-state index in [9.17, 15) is 0 Å². The minimum absolute atomic E-state index is 0.373. The summed E-state index contributed by atoms with van der Waals surface area (Å²) in [7, 11) is 0. The Morgan fingerprint density at radius 1 is 1.36 bits per heavy atom. The minimum Gasteiger partial charge on any atom is -0.326 e. The fourth-order valence-electron chi connectivity index (χ4n) is 1.47. The number of hydrogen-bond acceptors (Lipinski definition) is 3. The lowest BCUT2D eigenvalue weighted by Gasteiger charge is -2.03. The molecule has 0 saturated carbocycles. The van der Waals surface area contributed by atoms with Gasteiger partial charge in [0.15, 0.2) is 5.65 Å². The van der Waals surface area contributed by atoms with Gasteiger partial charge in [0.2, 0.25) is 0 Å². The second-order valence-electron chi connectivity index (χ2n) is 3.68. The highest BCUT2D eigenvalue weighted by Gasteiger charge is 2.08. The van der Waals surface area contributed by atoms with Crippen LogP contribution in [0.2, 0.25) is 0 Å². The summed E-state index contributed by atoms with van der Waals surface area (Å²) in [5, 5.41) is 8.23. The molecule has 0 bridgehead atoms. The van der Waals surface area contributed by atoms with Crippen molar-refractivity contribution < 1.29 is 0 Å². The molecule has 0 aliphatic carbocycles. The molecule has 0 fully saturated rings. The largest absolute Gasteiger partial charge is 0.326 e. The Bertz CT molecular complexity index is 444. The van der Waals surface area contributed by atoms with E-state index in [0.29, 0.717) is 12.5 Å². The van der Waals surface area contributed by atoms with Crippen molar-refractivity contribution in [3.05, 3.63) is 29.7 Å². The summed E-state index contributed by atoms with van der Waals surface area (Å²) < 4.78 is 2.01. The number of hydrogen-bond donors (Lipinski definition) is 1. The van der Waals surface area contributed by atoms with Gasteiger partial charge in [-0.2, -0.15) is 0 Å². The van der Waals surface area contributed by atoms with E-state index in [1.54, 1.807) is 0 Å². The van der Waals surface area contributed by atoms with E-state index in [1.165, 1.54) is 0 Å². The topological polar surface area (TPSA) is 56.2 Å². The molecule has 4 heteroatoms. The highest BCUT2D eigenvalue weighted by atomic mass is 15.2. The number of fused-ring (bicyclic) bond motifs is 1. The molecule has 14 heavy (non-hydrogen) atoms. The van der Waals surface area contributed by atoms with Crippen molar-refractivity contribution >= 4 is 5.65 Å². The predicted molar refractivity (Wildman–Crippen MR) is 55.0 cm³/mol. The first-order valence-corrected chi connectivity index (χ1v) is 4.76. The van der Waals surface area contributed by atoms with E-state index in [2.05, 4.69) is 24.0 Å². The molecule has 2 heterocycles. The molecule has 0 unspecified atom stereocenters. The van der Waals surface area contributed by atoms with Gasteiger partial charge in [0.1, 0.15) is 5.82 Å². The van der Waals surface area contributed by atoms with Crippen LogP contribution in [0.3, 0.4) is 0 Å². The molecule has 0 spiro atoms. The first kappa shape index (κ1) is 9.15. The molecule has 2 aromatic rings. The van der Waals surface area contributed by atoms with Crippen LogP contribution in [0.5, 0.6) is 0 Å². The predicted octanol–water partition coefficient (Wildman–Crippen LogP) is 1.31. The lowest BCUT2D eigenvalue weighted by Crippen LogP contribution is -2.01. The summed E-state index contributed by atoms with van der Waals surface area (Å²) in [5.41, 5.74) is 7.56. The molecule has 0 amide bonds. The maximum absolute atomic E-state index is 5.58. The van der Waals surface area contributed by atoms with Crippen molar-refractivity contribution in [2.24, 2.45) is 5.73 Å². The Morgan fingerprint density at radius 3 is 2.79 bits per heavy atom. The lowest BCUT2D eigenvalue weighted by atomic mass is 10.2. The van der Waals surface area contributed by atoms with E-state index >= 15 is 0 Å². The SMILES string of the molecule is CC(C)c1nnc2ccc(CN)cn12. The van der Waals surface area contributed by atoms with Crippen LogP contribution in [0.1, 0.15) is 31.2 Å². The summed E-state index contributed by atoms with van der Waals surface area (Å²) in [4.78, 5) is 0. The maximum atomic E-state index is 5.58. The fraction of sp³-hybridized carbons (Fsp3) is 0.400. The lowest BCUT2D eigenvalue weighted by molar-refractivity contribution is 0.757. The summed E-state index contributed by atoms with van der Waals surface area (Å²) in [5.74, 6) is 1.35. The van der Waals surface area contributed by atoms with Crippen LogP contribution >= 0.6 is 0 Å². The third-order valence-electron chi connectivity index (χ3n) is 2.24. The molecular weight excluding hydrogens is 176 g/mol. The number of pyridine rings is 1. The average molecular weight is 190 g/mol. The molecule has 0 aromatic carbocycles. The quantitative estimate of drug-likeness (QED) is 0.776. The number of rotatable bonds is 2. The van der Waals surface area contributed by atoms with Gasteiger partial charge in [-0.1, -0.05) is 19.9 Å². The molecule has 74 valence electrons.